The smallest absolute Gasteiger partial charge is 0.310 e. The number of carbonyl (C=O) groups is 2. The fourth-order valence-electron chi connectivity index (χ4n) is 5.00. The van der Waals surface area contributed by atoms with Crippen LogP contribution in [0.5, 0.6) is 0 Å². The van der Waals surface area contributed by atoms with Crippen LogP contribution in [0.25, 0.3) is 0 Å². The molecule has 0 amide bonds. The molecule has 0 bridgehead atoms. The molecule has 4 heteroatoms. The summed E-state index contributed by atoms with van der Waals surface area (Å²) in [5.74, 6) is -1.04. The van der Waals surface area contributed by atoms with Crippen molar-refractivity contribution >= 4 is 11.9 Å². The molecule has 27 heavy (non-hydrogen) atoms. The molecular formula is C23H42O4. The predicted octanol–water partition coefficient (Wildman–Crippen LogP) is 6.38. The van der Waals surface area contributed by atoms with Gasteiger partial charge in [-0.3, -0.25) is 9.59 Å². The fraction of sp³-hybridized carbons (Fsp3) is 0.913. The lowest BCUT2D eigenvalue weighted by Crippen LogP contribution is -2.48. The molecule has 0 heterocycles. The van der Waals surface area contributed by atoms with Crippen LogP contribution in [0.15, 0.2) is 0 Å². The Morgan fingerprint density at radius 2 is 1.48 bits per heavy atom. The molecule has 0 aromatic carbocycles. The SMILES string of the molecule is CC(C)CCCCCCCCCC1CC(C(=O)O)CCC1(C(=O)O)C(C)C. The van der Waals surface area contributed by atoms with E-state index >= 15 is 0 Å². The van der Waals surface area contributed by atoms with E-state index in [0.717, 1.165) is 25.2 Å². The summed E-state index contributed by atoms with van der Waals surface area (Å²) < 4.78 is 0. The average Bonchev–Trinajstić information content (AvgIpc) is 2.59. The van der Waals surface area contributed by atoms with Gasteiger partial charge in [-0.05, 0) is 43.4 Å². The molecule has 0 aromatic rings. The summed E-state index contributed by atoms with van der Waals surface area (Å²) >= 11 is 0. The summed E-state index contributed by atoms with van der Waals surface area (Å²) in [5.41, 5.74) is -0.747. The van der Waals surface area contributed by atoms with Gasteiger partial charge in [-0.25, -0.2) is 0 Å². The first-order chi connectivity index (χ1) is 12.7. The van der Waals surface area contributed by atoms with Crippen molar-refractivity contribution in [1.82, 2.24) is 0 Å². The van der Waals surface area contributed by atoms with Crippen LogP contribution in [0.2, 0.25) is 0 Å². The minimum Gasteiger partial charge on any atom is -0.481 e. The van der Waals surface area contributed by atoms with Crippen molar-refractivity contribution in [3.05, 3.63) is 0 Å². The molecule has 1 rings (SSSR count). The molecule has 0 saturated heterocycles. The first-order valence-electron chi connectivity index (χ1n) is 11.2. The molecule has 1 aliphatic rings. The number of hydrogen-bond acceptors (Lipinski definition) is 2. The van der Waals surface area contributed by atoms with Crippen molar-refractivity contribution in [2.45, 2.75) is 105 Å². The summed E-state index contributed by atoms with van der Waals surface area (Å²) in [6, 6.07) is 0. The third-order valence-electron chi connectivity index (χ3n) is 6.82. The maximum Gasteiger partial charge on any atom is 0.310 e. The Balaban J connectivity index is 2.45. The second kappa shape index (κ2) is 11.7. The lowest BCUT2D eigenvalue weighted by molar-refractivity contribution is -0.165. The predicted molar refractivity (Wildman–Crippen MR) is 110 cm³/mol. The van der Waals surface area contributed by atoms with Gasteiger partial charge in [0.2, 0.25) is 0 Å². The van der Waals surface area contributed by atoms with Gasteiger partial charge in [0.15, 0.2) is 0 Å². The Morgan fingerprint density at radius 3 is 1.96 bits per heavy atom. The highest BCUT2D eigenvalue weighted by molar-refractivity contribution is 5.77. The van der Waals surface area contributed by atoms with Crippen molar-refractivity contribution in [2.75, 3.05) is 0 Å². The fourth-order valence-corrected chi connectivity index (χ4v) is 5.00. The molecule has 2 N–H and O–H groups in total. The molecule has 0 aromatic heterocycles. The minimum atomic E-state index is -0.760. The first-order valence-corrected chi connectivity index (χ1v) is 11.2. The Morgan fingerprint density at radius 1 is 0.926 bits per heavy atom. The van der Waals surface area contributed by atoms with Gasteiger partial charge in [0.05, 0.1) is 11.3 Å². The number of rotatable bonds is 13. The average molecular weight is 383 g/mol. The minimum absolute atomic E-state index is 0.0177. The molecule has 3 atom stereocenters. The Kier molecular flexibility index (Phi) is 10.4. The zero-order valence-electron chi connectivity index (χ0n) is 18.0. The second-order valence-electron chi connectivity index (χ2n) is 9.45. The van der Waals surface area contributed by atoms with Crippen LogP contribution in [0.4, 0.5) is 0 Å². The zero-order valence-corrected chi connectivity index (χ0v) is 18.0. The topological polar surface area (TPSA) is 74.6 Å². The number of carboxylic acid groups (broad SMARTS) is 2. The molecule has 0 aliphatic heterocycles. The van der Waals surface area contributed by atoms with Crippen LogP contribution in [0.3, 0.4) is 0 Å². The first kappa shape index (κ1) is 24.0. The molecule has 0 radical (unpaired) electrons. The van der Waals surface area contributed by atoms with E-state index in [1.54, 1.807) is 0 Å². The summed E-state index contributed by atoms with van der Waals surface area (Å²) in [6.07, 6.45) is 12.2. The standard InChI is InChI=1S/C23H42O4/c1-17(2)12-10-8-6-5-7-9-11-13-20-16-19(21(24)25)14-15-23(20,18(3)4)22(26)27/h17-20H,5-16H2,1-4H3,(H,24,25)(H,26,27). The highest BCUT2D eigenvalue weighted by Gasteiger charge is 2.51. The maximum atomic E-state index is 12.1. The van der Waals surface area contributed by atoms with Crippen molar-refractivity contribution in [3.8, 4) is 0 Å². The van der Waals surface area contributed by atoms with E-state index in [0.29, 0.717) is 19.3 Å². The lowest BCUT2D eigenvalue weighted by atomic mass is 9.57. The van der Waals surface area contributed by atoms with Gasteiger partial charge in [0.25, 0.3) is 0 Å². The quantitative estimate of drug-likeness (QED) is 0.362. The molecule has 1 aliphatic carbocycles. The number of carboxylic acids is 2. The summed E-state index contributed by atoms with van der Waals surface area (Å²) in [6.45, 7) is 8.52. The molecule has 0 spiro atoms. The normalized spacial score (nSPS) is 25.9. The molecule has 4 nitrogen and oxygen atoms in total. The van der Waals surface area contributed by atoms with Crippen LogP contribution in [0, 0.1) is 29.1 Å². The van der Waals surface area contributed by atoms with Crippen LogP contribution < -0.4 is 0 Å². The van der Waals surface area contributed by atoms with Crippen molar-refractivity contribution < 1.29 is 19.8 Å². The van der Waals surface area contributed by atoms with Gasteiger partial charge in [0.1, 0.15) is 0 Å². The maximum absolute atomic E-state index is 12.1. The van der Waals surface area contributed by atoms with Crippen molar-refractivity contribution in [3.63, 3.8) is 0 Å². The largest absolute Gasteiger partial charge is 0.481 e. The van der Waals surface area contributed by atoms with Crippen LogP contribution in [-0.4, -0.2) is 22.2 Å². The van der Waals surface area contributed by atoms with E-state index in [2.05, 4.69) is 13.8 Å². The lowest BCUT2D eigenvalue weighted by Gasteiger charge is -2.45. The van der Waals surface area contributed by atoms with Gasteiger partial charge >= 0.3 is 11.9 Å². The Bertz CT molecular complexity index is 457. The number of unbranched alkanes of at least 4 members (excludes halogenated alkanes) is 6. The van der Waals surface area contributed by atoms with E-state index in [1.165, 1.54) is 38.5 Å². The molecule has 1 saturated carbocycles. The van der Waals surface area contributed by atoms with Crippen LogP contribution in [0.1, 0.15) is 105 Å². The summed E-state index contributed by atoms with van der Waals surface area (Å²) in [7, 11) is 0. The molecular weight excluding hydrogens is 340 g/mol. The van der Waals surface area contributed by atoms with E-state index in [-0.39, 0.29) is 17.8 Å². The van der Waals surface area contributed by atoms with Gasteiger partial charge in [-0.1, -0.05) is 79.1 Å². The monoisotopic (exact) mass is 382 g/mol. The van der Waals surface area contributed by atoms with Gasteiger partial charge in [0, 0.05) is 0 Å². The summed E-state index contributed by atoms with van der Waals surface area (Å²) in [4.78, 5) is 23.6. The van der Waals surface area contributed by atoms with Crippen molar-refractivity contribution in [2.24, 2.45) is 29.1 Å². The van der Waals surface area contributed by atoms with Gasteiger partial charge in [-0.15, -0.1) is 0 Å². The van der Waals surface area contributed by atoms with Gasteiger partial charge < -0.3 is 10.2 Å². The Hall–Kier alpha value is -1.06. The van der Waals surface area contributed by atoms with Crippen LogP contribution >= 0.6 is 0 Å². The highest BCUT2D eigenvalue weighted by Crippen LogP contribution is 2.51. The van der Waals surface area contributed by atoms with Gasteiger partial charge in [-0.2, -0.15) is 0 Å². The molecule has 1 fully saturated rings. The van der Waals surface area contributed by atoms with E-state index in [1.807, 2.05) is 13.8 Å². The number of aliphatic carboxylic acids is 2. The third-order valence-corrected chi connectivity index (χ3v) is 6.82. The van der Waals surface area contributed by atoms with Crippen molar-refractivity contribution in [1.29, 1.82) is 0 Å². The third kappa shape index (κ3) is 7.12. The second-order valence-corrected chi connectivity index (χ2v) is 9.45. The zero-order chi connectivity index (χ0) is 20.4. The summed E-state index contributed by atoms with van der Waals surface area (Å²) in [5, 5.41) is 19.4. The Labute approximate surface area is 166 Å². The highest BCUT2D eigenvalue weighted by atomic mass is 16.4. The van der Waals surface area contributed by atoms with Crippen LogP contribution in [-0.2, 0) is 9.59 Å². The van der Waals surface area contributed by atoms with E-state index < -0.39 is 17.4 Å². The molecule has 3 unspecified atom stereocenters. The van der Waals surface area contributed by atoms with E-state index in [9.17, 15) is 19.8 Å². The molecule has 158 valence electrons. The van der Waals surface area contributed by atoms with E-state index in [4.69, 9.17) is 0 Å². The number of hydrogen-bond donors (Lipinski definition) is 2.